The Bertz CT molecular complexity index is 737. The molecule has 0 spiro atoms. The molecule has 1 aromatic heterocycles. The Hall–Kier alpha value is -1.94. The second-order valence-corrected chi connectivity index (χ2v) is 6.83. The van der Waals surface area contributed by atoms with Crippen molar-refractivity contribution >= 4 is 28.7 Å². The first-order valence-electron chi connectivity index (χ1n) is 7.30. The molecular formula is C17H15NO2S. The number of hydrogen-bond acceptors (Lipinski definition) is 3. The summed E-state index contributed by atoms with van der Waals surface area (Å²) in [6, 6.07) is 7.57. The van der Waals surface area contributed by atoms with Gasteiger partial charge in [0.15, 0.2) is 0 Å². The molecule has 0 saturated heterocycles. The summed E-state index contributed by atoms with van der Waals surface area (Å²) >= 11 is 1.64. The van der Waals surface area contributed by atoms with Crippen molar-refractivity contribution in [2.24, 2.45) is 0 Å². The Balaban J connectivity index is 1.67. The van der Waals surface area contributed by atoms with Gasteiger partial charge >= 0.3 is 0 Å². The van der Waals surface area contributed by atoms with E-state index in [0.29, 0.717) is 12.0 Å². The van der Waals surface area contributed by atoms with E-state index in [1.807, 2.05) is 18.2 Å². The summed E-state index contributed by atoms with van der Waals surface area (Å²) in [5.74, 6) is 0.0812. The number of carbonyl (C=O) groups excluding carboxylic acids is 2. The van der Waals surface area contributed by atoms with E-state index < -0.39 is 0 Å². The monoisotopic (exact) mass is 297 g/mol. The van der Waals surface area contributed by atoms with Crippen LogP contribution in [0.2, 0.25) is 0 Å². The third kappa shape index (κ3) is 2.20. The molecule has 106 valence electrons. The Morgan fingerprint density at radius 2 is 1.95 bits per heavy atom. The quantitative estimate of drug-likeness (QED) is 0.864. The standard InChI is InChI=1S/C17H15NO2S/c19-16-9-12-7-11(5-6-13(12)18-16)17(20)15-8-10-3-1-2-4-14(10)21-15/h5-8H,1-4,9H2,(H,18,19). The fraction of sp³-hybridized carbons (Fsp3) is 0.294. The summed E-state index contributed by atoms with van der Waals surface area (Å²) in [6.45, 7) is 0. The maximum Gasteiger partial charge on any atom is 0.228 e. The molecule has 0 unspecified atom stereocenters. The first-order valence-corrected chi connectivity index (χ1v) is 8.11. The fourth-order valence-electron chi connectivity index (χ4n) is 3.12. The second-order valence-electron chi connectivity index (χ2n) is 5.69. The predicted molar refractivity (Wildman–Crippen MR) is 83.2 cm³/mol. The molecule has 1 aromatic carbocycles. The molecule has 21 heavy (non-hydrogen) atoms. The maximum atomic E-state index is 12.7. The highest BCUT2D eigenvalue weighted by Crippen LogP contribution is 2.32. The number of anilines is 1. The average Bonchev–Trinajstić information content (AvgIpc) is 3.07. The van der Waals surface area contributed by atoms with Crippen LogP contribution in [0.25, 0.3) is 0 Å². The SMILES string of the molecule is O=C1Cc2cc(C(=O)c3cc4c(s3)CCCC4)ccc2N1. The number of aryl methyl sites for hydroxylation is 2. The Kier molecular flexibility index (Phi) is 2.93. The van der Waals surface area contributed by atoms with E-state index >= 15 is 0 Å². The van der Waals surface area contributed by atoms with Crippen LogP contribution in [0.5, 0.6) is 0 Å². The van der Waals surface area contributed by atoms with Gasteiger partial charge in [-0.05, 0) is 61.1 Å². The molecule has 4 rings (SSSR count). The van der Waals surface area contributed by atoms with Crippen molar-refractivity contribution in [3.63, 3.8) is 0 Å². The first-order chi connectivity index (χ1) is 10.2. The molecular weight excluding hydrogens is 282 g/mol. The van der Waals surface area contributed by atoms with Gasteiger partial charge in [-0.25, -0.2) is 0 Å². The van der Waals surface area contributed by atoms with Crippen LogP contribution >= 0.6 is 11.3 Å². The zero-order valence-electron chi connectivity index (χ0n) is 11.6. The number of carbonyl (C=O) groups is 2. The number of ketones is 1. The number of rotatable bonds is 2. The number of fused-ring (bicyclic) bond motifs is 2. The second kappa shape index (κ2) is 4.81. The lowest BCUT2D eigenvalue weighted by Crippen LogP contribution is -2.03. The Morgan fingerprint density at radius 1 is 1.10 bits per heavy atom. The maximum absolute atomic E-state index is 12.7. The Morgan fingerprint density at radius 3 is 2.81 bits per heavy atom. The minimum Gasteiger partial charge on any atom is -0.326 e. The van der Waals surface area contributed by atoms with Gasteiger partial charge < -0.3 is 5.32 Å². The van der Waals surface area contributed by atoms with Crippen LogP contribution in [-0.2, 0) is 24.1 Å². The van der Waals surface area contributed by atoms with E-state index in [1.165, 1.54) is 23.3 Å². The van der Waals surface area contributed by atoms with Crippen molar-refractivity contribution in [3.8, 4) is 0 Å². The van der Waals surface area contributed by atoms with E-state index in [4.69, 9.17) is 0 Å². The van der Waals surface area contributed by atoms with Crippen LogP contribution in [0.15, 0.2) is 24.3 Å². The molecule has 0 saturated carbocycles. The zero-order valence-corrected chi connectivity index (χ0v) is 12.4. The molecule has 2 heterocycles. The van der Waals surface area contributed by atoms with Gasteiger partial charge in [-0.2, -0.15) is 0 Å². The van der Waals surface area contributed by atoms with E-state index in [-0.39, 0.29) is 11.7 Å². The molecule has 0 radical (unpaired) electrons. The van der Waals surface area contributed by atoms with E-state index in [2.05, 4.69) is 11.4 Å². The number of nitrogens with one attached hydrogen (secondary N) is 1. The van der Waals surface area contributed by atoms with Crippen molar-refractivity contribution in [1.82, 2.24) is 0 Å². The third-order valence-electron chi connectivity index (χ3n) is 4.21. The van der Waals surface area contributed by atoms with Crippen molar-refractivity contribution in [2.75, 3.05) is 5.32 Å². The lowest BCUT2D eigenvalue weighted by molar-refractivity contribution is -0.115. The number of benzene rings is 1. The van der Waals surface area contributed by atoms with Gasteiger partial charge in [-0.3, -0.25) is 9.59 Å². The van der Waals surface area contributed by atoms with Crippen LogP contribution in [-0.4, -0.2) is 11.7 Å². The lowest BCUT2D eigenvalue weighted by atomic mass is 9.98. The normalized spacial score (nSPS) is 16.3. The van der Waals surface area contributed by atoms with Crippen LogP contribution in [0.3, 0.4) is 0 Å². The molecule has 2 aromatic rings. The van der Waals surface area contributed by atoms with E-state index in [9.17, 15) is 9.59 Å². The number of thiophene rings is 1. The van der Waals surface area contributed by atoms with Crippen molar-refractivity contribution in [2.45, 2.75) is 32.1 Å². The Labute approximate surface area is 127 Å². The van der Waals surface area contributed by atoms with Crippen LogP contribution in [0.4, 0.5) is 5.69 Å². The highest BCUT2D eigenvalue weighted by atomic mass is 32.1. The summed E-state index contributed by atoms with van der Waals surface area (Å²) in [6.07, 6.45) is 5.03. The van der Waals surface area contributed by atoms with Gasteiger partial charge in [-0.1, -0.05) is 0 Å². The van der Waals surface area contributed by atoms with Crippen molar-refractivity contribution in [1.29, 1.82) is 0 Å². The highest BCUT2D eigenvalue weighted by Gasteiger charge is 2.22. The van der Waals surface area contributed by atoms with Crippen molar-refractivity contribution < 1.29 is 9.59 Å². The lowest BCUT2D eigenvalue weighted by Gasteiger charge is -2.08. The summed E-state index contributed by atoms with van der Waals surface area (Å²) in [4.78, 5) is 26.3. The molecule has 0 atom stereocenters. The molecule has 4 heteroatoms. The van der Waals surface area contributed by atoms with Gasteiger partial charge in [0, 0.05) is 16.1 Å². The topological polar surface area (TPSA) is 46.2 Å². The minimum atomic E-state index is 0.00110. The molecule has 1 aliphatic heterocycles. The molecule has 0 fully saturated rings. The van der Waals surface area contributed by atoms with Crippen LogP contribution in [0, 0.1) is 0 Å². The smallest absolute Gasteiger partial charge is 0.228 e. The minimum absolute atomic E-state index is 0.00110. The summed E-state index contributed by atoms with van der Waals surface area (Å²) in [7, 11) is 0. The van der Waals surface area contributed by atoms with E-state index in [0.717, 1.165) is 29.0 Å². The fourth-order valence-corrected chi connectivity index (χ4v) is 4.33. The first kappa shape index (κ1) is 12.8. The largest absolute Gasteiger partial charge is 0.326 e. The van der Waals surface area contributed by atoms with E-state index in [1.54, 1.807) is 11.3 Å². The summed E-state index contributed by atoms with van der Waals surface area (Å²) in [5.41, 5.74) is 3.80. The summed E-state index contributed by atoms with van der Waals surface area (Å²) < 4.78 is 0. The van der Waals surface area contributed by atoms with Gasteiger partial charge in [-0.15, -0.1) is 11.3 Å². The molecule has 1 aliphatic carbocycles. The third-order valence-corrected chi connectivity index (χ3v) is 5.45. The molecule has 2 aliphatic rings. The molecule has 3 nitrogen and oxygen atoms in total. The molecule has 1 amide bonds. The van der Waals surface area contributed by atoms with Gasteiger partial charge in [0.2, 0.25) is 11.7 Å². The summed E-state index contributed by atoms with van der Waals surface area (Å²) in [5, 5.41) is 2.80. The van der Waals surface area contributed by atoms with Gasteiger partial charge in [0.05, 0.1) is 11.3 Å². The highest BCUT2D eigenvalue weighted by molar-refractivity contribution is 7.14. The number of amides is 1. The molecule has 1 N–H and O–H groups in total. The zero-order chi connectivity index (χ0) is 14.4. The predicted octanol–water partition coefficient (Wildman–Crippen LogP) is 3.35. The molecule has 0 bridgehead atoms. The number of hydrogen-bond donors (Lipinski definition) is 1. The van der Waals surface area contributed by atoms with Crippen LogP contribution < -0.4 is 5.32 Å². The van der Waals surface area contributed by atoms with Gasteiger partial charge in [0.1, 0.15) is 0 Å². The van der Waals surface area contributed by atoms with Gasteiger partial charge in [0.25, 0.3) is 0 Å². The van der Waals surface area contributed by atoms with Crippen LogP contribution in [0.1, 0.15) is 44.1 Å². The van der Waals surface area contributed by atoms with Crippen molar-refractivity contribution in [3.05, 3.63) is 50.7 Å². The average molecular weight is 297 g/mol.